The SMILES string of the molecule is CNC(=O)Cc1cccc2c1CCCN2c1nn(C2CCCCO2)c2nc(N3CCC4(CC3)CO[C@@H](C)[C@H]4NC(=O)OC(C)(C)C)cnc12. The zero-order chi connectivity index (χ0) is 34.3. The molecule has 49 heavy (non-hydrogen) atoms. The molecule has 0 aliphatic carbocycles. The molecule has 0 saturated carbocycles. The van der Waals surface area contributed by atoms with E-state index >= 15 is 0 Å². The van der Waals surface area contributed by atoms with Crippen LogP contribution in [-0.4, -0.2) is 89.4 Å². The predicted octanol–water partition coefficient (Wildman–Crippen LogP) is 4.80. The number of benzene rings is 1. The van der Waals surface area contributed by atoms with Crippen molar-refractivity contribution in [3.63, 3.8) is 0 Å². The van der Waals surface area contributed by atoms with Crippen molar-refractivity contribution in [2.24, 2.45) is 5.41 Å². The van der Waals surface area contributed by atoms with Gasteiger partial charge in [0.2, 0.25) is 5.91 Å². The lowest BCUT2D eigenvalue weighted by Crippen LogP contribution is -2.55. The summed E-state index contributed by atoms with van der Waals surface area (Å²) in [6.07, 6.45) is 8.02. The Hall–Kier alpha value is -3.97. The number of carbonyl (C=O) groups is 2. The lowest BCUT2D eigenvalue weighted by molar-refractivity contribution is -0.119. The van der Waals surface area contributed by atoms with Gasteiger partial charge in [0.1, 0.15) is 11.4 Å². The quantitative estimate of drug-likeness (QED) is 0.376. The lowest BCUT2D eigenvalue weighted by Gasteiger charge is -2.42. The number of amides is 2. The maximum Gasteiger partial charge on any atom is 0.407 e. The second-order valence-corrected chi connectivity index (χ2v) is 15.0. The minimum absolute atomic E-state index is 0.00141. The number of ether oxygens (including phenoxy) is 3. The van der Waals surface area contributed by atoms with Gasteiger partial charge < -0.3 is 34.6 Å². The molecule has 2 aromatic heterocycles. The highest BCUT2D eigenvalue weighted by Crippen LogP contribution is 2.44. The molecular weight excluding hydrogens is 624 g/mol. The van der Waals surface area contributed by atoms with Gasteiger partial charge in [-0.2, -0.15) is 0 Å². The molecule has 0 radical (unpaired) electrons. The monoisotopic (exact) mass is 674 g/mol. The summed E-state index contributed by atoms with van der Waals surface area (Å²) in [7, 11) is 1.68. The van der Waals surface area contributed by atoms with Crippen LogP contribution < -0.4 is 20.4 Å². The second kappa shape index (κ2) is 13.4. The molecule has 0 bridgehead atoms. The number of hydrogen-bond donors (Lipinski definition) is 2. The molecule has 13 heteroatoms. The van der Waals surface area contributed by atoms with E-state index in [9.17, 15) is 9.59 Å². The molecular formula is C36H50N8O5. The summed E-state index contributed by atoms with van der Waals surface area (Å²) in [6, 6.07) is 6.06. The van der Waals surface area contributed by atoms with Crippen molar-refractivity contribution >= 4 is 40.5 Å². The second-order valence-electron chi connectivity index (χ2n) is 15.0. The Labute approximate surface area is 288 Å². The van der Waals surface area contributed by atoms with Crippen LogP contribution in [0.4, 0.5) is 22.1 Å². The van der Waals surface area contributed by atoms with Crippen molar-refractivity contribution in [3.05, 3.63) is 35.5 Å². The number of anilines is 3. The number of likely N-dealkylation sites (N-methyl/N-ethyl adjacent to an activating group) is 1. The van der Waals surface area contributed by atoms with Gasteiger partial charge in [-0.1, -0.05) is 12.1 Å². The van der Waals surface area contributed by atoms with E-state index in [1.54, 1.807) is 7.05 Å². The Balaban J connectivity index is 1.17. The zero-order valence-corrected chi connectivity index (χ0v) is 29.5. The standard InChI is InChI=1S/C36H50N8O5/c1-23-31(40-34(46)49-35(2,3)4)36(22-48-23)14-17-42(18-15-36)27-21-38-30-32(39-27)44(29-13-6-7-19-47-29)41-33(30)43-16-9-11-25-24(20-28(45)37-5)10-8-12-26(25)43/h8,10,12,21,23,29,31H,6-7,9,11,13-20,22H2,1-5H3,(H,37,45)(H,40,46)/t23-,29?,31+/m0/s1. The summed E-state index contributed by atoms with van der Waals surface area (Å²) < 4.78 is 19.9. The highest BCUT2D eigenvalue weighted by Gasteiger charge is 2.50. The summed E-state index contributed by atoms with van der Waals surface area (Å²) in [6.45, 7) is 11.3. The molecule has 7 rings (SSSR count). The van der Waals surface area contributed by atoms with Crippen LogP contribution in [0, 0.1) is 5.41 Å². The number of nitrogens with one attached hydrogen (secondary N) is 2. The van der Waals surface area contributed by atoms with Crippen molar-refractivity contribution in [1.29, 1.82) is 0 Å². The van der Waals surface area contributed by atoms with Crippen LogP contribution in [-0.2, 0) is 31.8 Å². The zero-order valence-electron chi connectivity index (χ0n) is 29.5. The molecule has 3 fully saturated rings. The molecule has 3 saturated heterocycles. The van der Waals surface area contributed by atoms with Crippen LogP contribution in [0.2, 0.25) is 0 Å². The summed E-state index contributed by atoms with van der Waals surface area (Å²) in [5, 5.41) is 11.1. The molecule has 4 aliphatic heterocycles. The minimum Gasteiger partial charge on any atom is -0.444 e. The van der Waals surface area contributed by atoms with Gasteiger partial charge in [-0.15, -0.1) is 5.10 Å². The fourth-order valence-electron chi connectivity index (χ4n) is 8.00. The average Bonchev–Trinajstić information content (AvgIpc) is 3.61. The smallest absolute Gasteiger partial charge is 0.407 e. The van der Waals surface area contributed by atoms with Crippen molar-refractivity contribution < 1.29 is 23.8 Å². The molecule has 2 amide bonds. The van der Waals surface area contributed by atoms with Crippen LogP contribution in [0.3, 0.4) is 0 Å². The third kappa shape index (κ3) is 6.66. The Morgan fingerprint density at radius 2 is 1.92 bits per heavy atom. The van der Waals surface area contributed by atoms with E-state index in [1.807, 2.05) is 50.7 Å². The van der Waals surface area contributed by atoms with Crippen LogP contribution in [0.25, 0.3) is 11.2 Å². The molecule has 3 atom stereocenters. The third-order valence-electron chi connectivity index (χ3n) is 10.6. The molecule has 2 N–H and O–H groups in total. The molecule has 1 spiro atoms. The van der Waals surface area contributed by atoms with Crippen LogP contribution >= 0.6 is 0 Å². The fraction of sp³-hybridized carbons (Fsp3) is 0.639. The summed E-state index contributed by atoms with van der Waals surface area (Å²) in [5.74, 6) is 1.58. The minimum atomic E-state index is -0.567. The number of fused-ring (bicyclic) bond motifs is 2. The number of carbonyl (C=O) groups excluding carboxylic acids is 2. The van der Waals surface area contributed by atoms with Gasteiger partial charge in [0.05, 0.1) is 31.4 Å². The van der Waals surface area contributed by atoms with E-state index in [2.05, 4.69) is 26.5 Å². The Morgan fingerprint density at radius 1 is 1.10 bits per heavy atom. The van der Waals surface area contributed by atoms with Crippen LogP contribution in [0.15, 0.2) is 24.4 Å². The van der Waals surface area contributed by atoms with Crippen LogP contribution in [0.1, 0.15) is 83.6 Å². The first-order valence-corrected chi connectivity index (χ1v) is 17.9. The van der Waals surface area contributed by atoms with E-state index in [0.717, 1.165) is 98.6 Å². The fourth-order valence-corrected chi connectivity index (χ4v) is 8.00. The number of aromatic nitrogens is 4. The predicted molar refractivity (Wildman–Crippen MR) is 186 cm³/mol. The van der Waals surface area contributed by atoms with Gasteiger partial charge in [0, 0.05) is 44.4 Å². The molecule has 264 valence electrons. The Bertz CT molecular complexity index is 1690. The first-order chi connectivity index (χ1) is 23.5. The number of hydrogen-bond acceptors (Lipinski definition) is 10. The van der Waals surface area contributed by atoms with Crippen molar-refractivity contribution in [2.75, 3.05) is 49.7 Å². The van der Waals surface area contributed by atoms with Gasteiger partial charge in [-0.25, -0.2) is 19.4 Å². The van der Waals surface area contributed by atoms with Gasteiger partial charge in [0.25, 0.3) is 0 Å². The number of alkyl carbamates (subject to hydrolysis) is 1. The molecule has 3 aromatic rings. The molecule has 1 unspecified atom stereocenters. The van der Waals surface area contributed by atoms with Crippen molar-refractivity contribution in [2.45, 2.75) is 103 Å². The molecule has 4 aliphatic rings. The van der Waals surface area contributed by atoms with Gasteiger partial charge in [0.15, 0.2) is 23.2 Å². The first-order valence-electron chi connectivity index (χ1n) is 17.9. The van der Waals surface area contributed by atoms with E-state index in [1.165, 1.54) is 5.56 Å². The average molecular weight is 675 g/mol. The van der Waals surface area contributed by atoms with Crippen molar-refractivity contribution in [1.82, 2.24) is 30.4 Å². The van der Waals surface area contributed by atoms with Crippen LogP contribution in [0.5, 0.6) is 0 Å². The Morgan fingerprint density at radius 3 is 2.65 bits per heavy atom. The highest BCUT2D eigenvalue weighted by atomic mass is 16.6. The lowest BCUT2D eigenvalue weighted by atomic mass is 9.73. The van der Waals surface area contributed by atoms with Gasteiger partial charge >= 0.3 is 6.09 Å². The number of nitrogens with zero attached hydrogens (tertiary/aromatic N) is 6. The van der Waals surface area contributed by atoms with Gasteiger partial charge in [-0.05, 0) is 89.8 Å². The van der Waals surface area contributed by atoms with Crippen molar-refractivity contribution in [3.8, 4) is 0 Å². The largest absolute Gasteiger partial charge is 0.444 e. The third-order valence-corrected chi connectivity index (χ3v) is 10.6. The highest BCUT2D eigenvalue weighted by molar-refractivity contribution is 5.89. The topological polar surface area (TPSA) is 136 Å². The Kier molecular flexibility index (Phi) is 9.16. The molecule has 13 nitrogen and oxygen atoms in total. The maximum atomic E-state index is 12.8. The summed E-state index contributed by atoms with van der Waals surface area (Å²) >= 11 is 0. The number of rotatable bonds is 6. The van der Waals surface area contributed by atoms with E-state index in [0.29, 0.717) is 19.6 Å². The maximum absolute atomic E-state index is 12.8. The van der Waals surface area contributed by atoms with E-state index in [4.69, 9.17) is 29.3 Å². The molecule has 6 heterocycles. The van der Waals surface area contributed by atoms with E-state index in [-0.39, 0.29) is 29.7 Å². The summed E-state index contributed by atoms with van der Waals surface area (Å²) in [5.41, 5.74) is 4.02. The summed E-state index contributed by atoms with van der Waals surface area (Å²) in [4.78, 5) is 39.9. The number of piperidine rings is 1. The van der Waals surface area contributed by atoms with Gasteiger partial charge in [-0.3, -0.25) is 4.79 Å². The first kappa shape index (κ1) is 33.5. The molecule has 1 aromatic carbocycles. The van der Waals surface area contributed by atoms with E-state index < -0.39 is 11.7 Å². The normalized spacial score (nSPS) is 23.8.